The van der Waals surface area contributed by atoms with Gasteiger partial charge in [0.15, 0.2) is 0 Å². The Hall–Kier alpha value is -0.420. The summed E-state index contributed by atoms with van der Waals surface area (Å²) in [6, 6.07) is 0. The minimum atomic E-state index is -1.32. The van der Waals surface area contributed by atoms with Crippen LogP contribution in [0.1, 0.15) is 6.92 Å². The van der Waals surface area contributed by atoms with Crippen molar-refractivity contribution in [1.29, 1.82) is 0 Å². The van der Waals surface area contributed by atoms with E-state index in [0.29, 0.717) is 5.57 Å². The molecule has 74 valence electrons. The third-order valence-electron chi connectivity index (χ3n) is 1.80. The normalized spacial score (nSPS) is 20.2. The van der Waals surface area contributed by atoms with Crippen molar-refractivity contribution in [3.05, 3.63) is 10.5 Å². The number of hydrogen-bond donors (Lipinski definition) is 1. The van der Waals surface area contributed by atoms with E-state index >= 15 is 0 Å². The van der Waals surface area contributed by atoms with Crippen molar-refractivity contribution >= 4 is 34.7 Å². The van der Waals surface area contributed by atoms with Gasteiger partial charge < -0.3 is 0 Å². The number of thiol groups is 1. The second-order valence-corrected chi connectivity index (χ2v) is 8.01. The lowest BCUT2D eigenvalue weighted by Crippen LogP contribution is -2.32. The molecule has 0 radical (unpaired) electrons. The summed E-state index contributed by atoms with van der Waals surface area (Å²) in [4.78, 5) is 23.4. The number of rotatable bonds is 1. The molecule has 0 saturated carbocycles. The number of nitrogens with zero attached hydrogens (tertiary/aromatic N) is 1. The maximum Gasteiger partial charge on any atom is 0.276 e. The SMILES string of the molecule is CC1=C(S)C(=O)N(S(C)(C)C)C1=O. The van der Waals surface area contributed by atoms with Crippen LogP contribution in [0.3, 0.4) is 0 Å². The first-order valence-corrected chi connectivity index (χ1v) is 7.00. The summed E-state index contributed by atoms with van der Waals surface area (Å²) in [5.74, 6) is -0.453. The molecule has 0 aliphatic carbocycles. The van der Waals surface area contributed by atoms with Crippen LogP contribution >= 0.6 is 22.8 Å². The molecule has 0 saturated heterocycles. The molecule has 0 unspecified atom stereocenters. The highest BCUT2D eigenvalue weighted by atomic mass is 32.3. The molecule has 0 atom stereocenters. The molecule has 0 bridgehead atoms. The highest BCUT2D eigenvalue weighted by Gasteiger charge is 2.38. The molecular formula is C8H13NO2S2. The van der Waals surface area contributed by atoms with Crippen molar-refractivity contribution in [3.8, 4) is 0 Å². The Morgan fingerprint density at radius 3 is 1.77 bits per heavy atom. The molecule has 13 heavy (non-hydrogen) atoms. The number of amides is 2. The predicted octanol–water partition coefficient (Wildman–Crippen LogP) is 1.17. The standard InChI is InChI=1S/C8H13NO2S2/c1-5-6(12)8(11)9(7(5)10)13(2,3)4/h12H,1-4H3. The quantitative estimate of drug-likeness (QED) is 0.531. The third kappa shape index (κ3) is 1.62. The largest absolute Gasteiger partial charge is 0.276 e. The highest BCUT2D eigenvalue weighted by molar-refractivity contribution is 8.31. The summed E-state index contributed by atoms with van der Waals surface area (Å²) in [5.41, 5.74) is 0.454. The van der Waals surface area contributed by atoms with E-state index in [1.165, 1.54) is 4.31 Å². The van der Waals surface area contributed by atoms with Crippen LogP contribution in [0.15, 0.2) is 10.5 Å². The minimum Gasteiger partial charge on any atom is -0.268 e. The van der Waals surface area contributed by atoms with Crippen LogP contribution in [-0.4, -0.2) is 34.9 Å². The molecular weight excluding hydrogens is 206 g/mol. The van der Waals surface area contributed by atoms with Gasteiger partial charge in [-0.1, -0.05) is 0 Å². The van der Waals surface area contributed by atoms with Crippen molar-refractivity contribution in [2.45, 2.75) is 6.92 Å². The zero-order chi connectivity index (χ0) is 10.4. The average molecular weight is 219 g/mol. The Balaban J connectivity index is 3.12. The van der Waals surface area contributed by atoms with E-state index in [4.69, 9.17) is 0 Å². The van der Waals surface area contributed by atoms with E-state index in [0.717, 1.165) is 0 Å². The zero-order valence-corrected chi connectivity index (χ0v) is 9.83. The molecule has 1 aliphatic rings. The van der Waals surface area contributed by atoms with Crippen LogP contribution in [-0.2, 0) is 9.59 Å². The van der Waals surface area contributed by atoms with Gasteiger partial charge in [0.2, 0.25) is 0 Å². The first kappa shape index (κ1) is 10.7. The fourth-order valence-electron chi connectivity index (χ4n) is 1.10. The molecule has 0 spiro atoms. The van der Waals surface area contributed by atoms with Crippen molar-refractivity contribution in [3.63, 3.8) is 0 Å². The molecule has 0 aromatic heterocycles. The molecule has 2 amide bonds. The van der Waals surface area contributed by atoms with Gasteiger partial charge in [-0.05, 0) is 25.7 Å². The maximum atomic E-state index is 11.6. The summed E-state index contributed by atoms with van der Waals surface area (Å²) >= 11 is 4.01. The number of carbonyl (C=O) groups excluding carboxylic acids is 2. The number of carbonyl (C=O) groups is 2. The Kier molecular flexibility index (Phi) is 2.51. The third-order valence-corrected chi connectivity index (χ3v) is 3.75. The Morgan fingerprint density at radius 1 is 1.15 bits per heavy atom. The van der Waals surface area contributed by atoms with E-state index in [1.54, 1.807) is 6.92 Å². The van der Waals surface area contributed by atoms with E-state index in [-0.39, 0.29) is 16.7 Å². The van der Waals surface area contributed by atoms with Crippen molar-refractivity contribution < 1.29 is 9.59 Å². The molecule has 0 fully saturated rings. The zero-order valence-electron chi connectivity index (χ0n) is 8.12. The Labute approximate surface area is 85.0 Å². The fraction of sp³-hybridized carbons (Fsp3) is 0.500. The molecule has 5 heteroatoms. The van der Waals surface area contributed by atoms with Gasteiger partial charge in [0.05, 0.1) is 4.91 Å². The lowest BCUT2D eigenvalue weighted by Gasteiger charge is -2.35. The van der Waals surface area contributed by atoms with Gasteiger partial charge in [-0.25, -0.2) is 4.31 Å². The fourth-order valence-corrected chi connectivity index (χ4v) is 2.59. The van der Waals surface area contributed by atoms with Crippen LogP contribution in [0.25, 0.3) is 0 Å². The van der Waals surface area contributed by atoms with Gasteiger partial charge in [-0.2, -0.15) is 10.2 Å². The number of imide groups is 1. The molecule has 1 rings (SSSR count). The number of hydrogen-bond acceptors (Lipinski definition) is 3. The van der Waals surface area contributed by atoms with E-state index in [9.17, 15) is 9.59 Å². The molecule has 1 heterocycles. The van der Waals surface area contributed by atoms with Crippen LogP contribution in [0, 0.1) is 0 Å². The van der Waals surface area contributed by atoms with Crippen molar-refractivity contribution in [2.24, 2.45) is 0 Å². The summed E-state index contributed by atoms with van der Waals surface area (Å²) in [6.07, 6.45) is 5.72. The van der Waals surface area contributed by atoms with Crippen molar-refractivity contribution in [2.75, 3.05) is 18.8 Å². The lowest BCUT2D eigenvalue weighted by molar-refractivity contribution is -0.131. The molecule has 0 N–H and O–H groups in total. The van der Waals surface area contributed by atoms with Gasteiger partial charge in [0, 0.05) is 5.57 Å². The summed E-state index contributed by atoms with van der Waals surface area (Å²) in [5, 5.41) is 0. The van der Waals surface area contributed by atoms with Crippen molar-refractivity contribution in [1.82, 2.24) is 4.31 Å². The second kappa shape index (κ2) is 3.06. The van der Waals surface area contributed by atoms with E-state index < -0.39 is 10.2 Å². The Bertz CT molecular complexity index is 291. The summed E-state index contributed by atoms with van der Waals surface area (Å²) in [7, 11) is -1.32. The molecule has 1 aliphatic heterocycles. The highest BCUT2D eigenvalue weighted by Crippen LogP contribution is 2.45. The smallest absolute Gasteiger partial charge is 0.268 e. The minimum absolute atomic E-state index is 0.197. The second-order valence-electron chi connectivity index (χ2n) is 3.65. The van der Waals surface area contributed by atoms with Gasteiger partial charge in [0.1, 0.15) is 0 Å². The maximum absolute atomic E-state index is 11.6. The van der Waals surface area contributed by atoms with E-state index in [2.05, 4.69) is 12.6 Å². The lowest BCUT2D eigenvalue weighted by atomic mass is 10.3. The monoisotopic (exact) mass is 219 g/mol. The first-order chi connectivity index (χ1) is 5.76. The van der Waals surface area contributed by atoms with Crippen LogP contribution in [0.2, 0.25) is 0 Å². The predicted molar refractivity (Wildman–Crippen MR) is 58.9 cm³/mol. The Morgan fingerprint density at radius 2 is 1.62 bits per heavy atom. The van der Waals surface area contributed by atoms with Gasteiger partial charge in [-0.3, -0.25) is 9.59 Å². The van der Waals surface area contributed by atoms with Gasteiger partial charge in [0.25, 0.3) is 11.8 Å². The van der Waals surface area contributed by atoms with Crippen LogP contribution in [0.4, 0.5) is 0 Å². The average Bonchev–Trinajstić information content (AvgIpc) is 2.14. The molecule has 3 nitrogen and oxygen atoms in total. The topological polar surface area (TPSA) is 37.4 Å². The van der Waals surface area contributed by atoms with Crippen LogP contribution in [0.5, 0.6) is 0 Å². The summed E-state index contributed by atoms with van der Waals surface area (Å²) < 4.78 is 1.32. The van der Waals surface area contributed by atoms with Gasteiger partial charge in [-0.15, -0.1) is 12.6 Å². The van der Waals surface area contributed by atoms with Crippen LogP contribution < -0.4 is 0 Å². The van der Waals surface area contributed by atoms with E-state index in [1.807, 2.05) is 18.8 Å². The molecule has 0 aromatic rings. The van der Waals surface area contributed by atoms with Gasteiger partial charge >= 0.3 is 0 Å². The summed E-state index contributed by atoms with van der Waals surface area (Å²) in [6.45, 7) is 1.63. The first-order valence-electron chi connectivity index (χ1n) is 3.74. The molecule has 0 aromatic carbocycles.